The number of aryl methyl sites for hydroxylation is 2. The number of nitrogen functional groups attached to an aromatic ring is 2. The molecule has 2 rings (SSSR count). The fourth-order valence-corrected chi connectivity index (χ4v) is 1.68. The normalized spacial score (nSPS) is 10.4. The van der Waals surface area contributed by atoms with Gasteiger partial charge in [-0.15, -0.1) is 0 Å². The fraction of sp³-hybridized carbons (Fsp3) is 0.143. The van der Waals surface area contributed by atoms with Crippen LogP contribution in [0.4, 0.5) is 11.4 Å². The molecule has 0 bridgehead atoms. The fourth-order valence-electron chi connectivity index (χ4n) is 1.68. The van der Waals surface area contributed by atoms with Gasteiger partial charge >= 0.3 is 0 Å². The molecule has 0 aliphatic heterocycles. The Labute approximate surface area is 111 Å². The molecule has 6 N–H and O–H groups in total. The van der Waals surface area contributed by atoms with Crippen LogP contribution in [0.5, 0.6) is 23.0 Å². The molecule has 0 atom stereocenters. The smallest absolute Gasteiger partial charge is 0.171 e. The Balaban J connectivity index is 2.42. The molecule has 0 saturated carbocycles. The van der Waals surface area contributed by atoms with Crippen molar-refractivity contribution in [3.05, 3.63) is 35.4 Å². The van der Waals surface area contributed by atoms with E-state index in [2.05, 4.69) is 0 Å². The first-order valence-corrected chi connectivity index (χ1v) is 5.74. The Morgan fingerprint density at radius 3 is 2.16 bits per heavy atom. The van der Waals surface area contributed by atoms with Gasteiger partial charge in [0.05, 0.1) is 5.69 Å². The zero-order chi connectivity index (χ0) is 14.2. The number of benzene rings is 2. The summed E-state index contributed by atoms with van der Waals surface area (Å²) in [6.45, 7) is 3.52. The molecule has 100 valence electrons. The monoisotopic (exact) mass is 260 g/mol. The van der Waals surface area contributed by atoms with Crippen LogP contribution in [0.3, 0.4) is 0 Å². The second-order valence-electron chi connectivity index (χ2n) is 4.46. The van der Waals surface area contributed by atoms with E-state index in [0.717, 1.165) is 5.56 Å². The maximum Gasteiger partial charge on any atom is 0.171 e. The van der Waals surface area contributed by atoms with Gasteiger partial charge in [-0.25, -0.2) is 0 Å². The first kappa shape index (κ1) is 12.9. The largest absolute Gasteiger partial charge is 0.508 e. The van der Waals surface area contributed by atoms with Crippen molar-refractivity contribution >= 4 is 11.4 Å². The highest BCUT2D eigenvalue weighted by atomic mass is 16.5. The molecule has 0 fully saturated rings. The molecule has 5 nitrogen and oxygen atoms in total. The second kappa shape index (κ2) is 4.61. The number of phenolic OH excluding ortho intramolecular Hbond substituents is 2. The van der Waals surface area contributed by atoms with E-state index in [1.807, 2.05) is 0 Å². The Morgan fingerprint density at radius 2 is 1.47 bits per heavy atom. The first-order chi connectivity index (χ1) is 8.88. The van der Waals surface area contributed by atoms with Gasteiger partial charge in [-0.1, -0.05) is 0 Å². The third-order valence-corrected chi connectivity index (χ3v) is 2.90. The molecule has 0 radical (unpaired) electrons. The summed E-state index contributed by atoms with van der Waals surface area (Å²) in [7, 11) is 0. The van der Waals surface area contributed by atoms with E-state index in [4.69, 9.17) is 16.2 Å². The number of hydrogen-bond donors (Lipinski definition) is 4. The van der Waals surface area contributed by atoms with E-state index in [1.54, 1.807) is 19.9 Å². The Bertz CT molecular complexity index is 584. The lowest BCUT2D eigenvalue weighted by atomic mass is 10.1. The summed E-state index contributed by atoms with van der Waals surface area (Å²) >= 11 is 0. The molecule has 19 heavy (non-hydrogen) atoms. The Morgan fingerprint density at radius 1 is 0.789 bits per heavy atom. The molecular weight excluding hydrogens is 244 g/mol. The van der Waals surface area contributed by atoms with Crippen LogP contribution < -0.4 is 16.2 Å². The van der Waals surface area contributed by atoms with Gasteiger partial charge < -0.3 is 26.4 Å². The standard InChI is InChI=1S/C14H16N2O3/c1-7-4-12(18)14(5-9(7)15)19-13-6-11(17)8(2)3-10(13)16/h3-6,17-18H,15-16H2,1-2H3. The molecule has 0 unspecified atom stereocenters. The molecule has 2 aromatic carbocycles. The third kappa shape index (κ3) is 2.49. The summed E-state index contributed by atoms with van der Waals surface area (Å²) in [5, 5.41) is 19.5. The number of phenols is 2. The Kier molecular flexibility index (Phi) is 3.12. The highest BCUT2D eigenvalue weighted by Crippen LogP contribution is 2.38. The van der Waals surface area contributed by atoms with Crippen LogP contribution in [0.15, 0.2) is 24.3 Å². The van der Waals surface area contributed by atoms with Crippen molar-refractivity contribution in [1.29, 1.82) is 0 Å². The van der Waals surface area contributed by atoms with Crippen LogP contribution >= 0.6 is 0 Å². The van der Waals surface area contributed by atoms with Crippen molar-refractivity contribution in [2.75, 3.05) is 11.5 Å². The summed E-state index contributed by atoms with van der Waals surface area (Å²) < 4.78 is 5.50. The van der Waals surface area contributed by atoms with E-state index in [0.29, 0.717) is 16.9 Å². The molecule has 0 aromatic heterocycles. The lowest BCUT2D eigenvalue weighted by Crippen LogP contribution is -1.95. The minimum absolute atomic E-state index is 0.0360. The topological polar surface area (TPSA) is 102 Å². The van der Waals surface area contributed by atoms with Crippen LogP contribution in [-0.2, 0) is 0 Å². The predicted octanol–water partition coefficient (Wildman–Crippen LogP) is 2.67. The quantitative estimate of drug-likeness (QED) is 0.491. The van der Waals surface area contributed by atoms with E-state index in [-0.39, 0.29) is 23.0 Å². The van der Waals surface area contributed by atoms with Crippen molar-refractivity contribution in [3.8, 4) is 23.0 Å². The van der Waals surface area contributed by atoms with Crippen molar-refractivity contribution in [1.82, 2.24) is 0 Å². The van der Waals surface area contributed by atoms with Gasteiger partial charge in [-0.05, 0) is 37.1 Å². The first-order valence-electron chi connectivity index (χ1n) is 5.74. The maximum atomic E-state index is 9.81. The van der Waals surface area contributed by atoms with Gasteiger partial charge in [-0.2, -0.15) is 0 Å². The van der Waals surface area contributed by atoms with E-state index in [9.17, 15) is 10.2 Å². The van der Waals surface area contributed by atoms with Crippen molar-refractivity contribution in [2.24, 2.45) is 0 Å². The number of anilines is 2. The van der Waals surface area contributed by atoms with Gasteiger partial charge in [-0.3, -0.25) is 0 Å². The molecule has 0 heterocycles. The zero-order valence-corrected chi connectivity index (χ0v) is 10.8. The summed E-state index contributed by atoms with van der Waals surface area (Å²) in [4.78, 5) is 0. The number of aromatic hydroxyl groups is 2. The number of hydrogen-bond acceptors (Lipinski definition) is 5. The zero-order valence-electron chi connectivity index (χ0n) is 10.8. The van der Waals surface area contributed by atoms with Crippen LogP contribution in [0.1, 0.15) is 11.1 Å². The SMILES string of the molecule is Cc1cc(O)c(Oc2cc(O)c(C)cc2N)cc1N. The van der Waals surface area contributed by atoms with Crippen molar-refractivity contribution in [3.63, 3.8) is 0 Å². The number of ether oxygens (including phenoxy) is 1. The molecule has 2 aromatic rings. The van der Waals surface area contributed by atoms with Gasteiger partial charge in [0, 0.05) is 17.8 Å². The summed E-state index contributed by atoms with van der Waals surface area (Å²) in [6, 6.07) is 6.02. The maximum absolute atomic E-state index is 9.81. The van der Waals surface area contributed by atoms with E-state index in [1.165, 1.54) is 18.2 Å². The summed E-state index contributed by atoms with van der Waals surface area (Å²) in [5.74, 6) is 0.495. The predicted molar refractivity (Wildman–Crippen MR) is 74.6 cm³/mol. The molecule has 0 aliphatic carbocycles. The molecular formula is C14H16N2O3. The van der Waals surface area contributed by atoms with Crippen LogP contribution in [-0.4, -0.2) is 10.2 Å². The van der Waals surface area contributed by atoms with Gasteiger partial charge in [0.15, 0.2) is 17.2 Å². The second-order valence-corrected chi connectivity index (χ2v) is 4.46. The Hall–Kier alpha value is -2.56. The molecule has 0 saturated heterocycles. The van der Waals surface area contributed by atoms with E-state index < -0.39 is 0 Å². The summed E-state index contributed by atoms with van der Waals surface area (Å²) in [6.07, 6.45) is 0. The average molecular weight is 260 g/mol. The lowest BCUT2D eigenvalue weighted by molar-refractivity contribution is 0.408. The van der Waals surface area contributed by atoms with Gasteiger partial charge in [0.25, 0.3) is 0 Å². The number of nitrogens with two attached hydrogens (primary N) is 2. The van der Waals surface area contributed by atoms with Gasteiger partial charge in [0.1, 0.15) is 5.75 Å². The number of rotatable bonds is 2. The summed E-state index contributed by atoms with van der Waals surface area (Å²) in [5.41, 5.74) is 13.8. The highest BCUT2D eigenvalue weighted by molar-refractivity contribution is 5.62. The third-order valence-electron chi connectivity index (χ3n) is 2.90. The van der Waals surface area contributed by atoms with Crippen LogP contribution in [0.25, 0.3) is 0 Å². The van der Waals surface area contributed by atoms with Gasteiger partial charge in [0.2, 0.25) is 0 Å². The van der Waals surface area contributed by atoms with Crippen molar-refractivity contribution < 1.29 is 14.9 Å². The van der Waals surface area contributed by atoms with Crippen molar-refractivity contribution in [2.45, 2.75) is 13.8 Å². The molecule has 0 amide bonds. The lowest BCUT2D eigenvalue weighted by Gasteiger charge is -2.13. The highest BCUT2D eigenvalue weighted by Gasteiger charge is 2.11. The molecule has 0 spiro atoms. The molecule has 0 aliphatic rings. The van der Waals surface area contributed by atoms with E-state index >= 15 is 0 Å². The average Bonchev–Trinajstić information content (AvgIpc) is 2.32. The van der Waals surface area contributed by atoms with Crippen LogP contribution in [0, 0.1) is 13.8 Å². The minimum atomic E-state index is -0.0360. The minimum Gasteiger partial charge on any atom is -0.508 e. The molecule has 5 heteroatoms. The van der Waals surface area contributed by atoms with Crippen LogP contribution in [0.2, 0.25) is 0 Å².